The summed E-state index contributed by atoms with van der Waals surface area (Å²) in [6.07, 6.45) is 1.33. The molecule has 0 bridgehead atoms. The normalized spacial score (nSPS) is 18.2. The quantitative estimate of drug-likeness (QED) is 0.722. The van der Waals surface area contributed by atoms with E-state index >= 15 is 0 Å². The van der Waals surface area contributed by atoms with E-state index in [1.165, 1.54) is 0 Å². The average Bonchev–Trinajstić information content (AvgIpc) is 2.81. The number of nitrogens with one attached hydrogen (secondary N) is 3. The van der Waals surface area contributed by atoms with Crippen molar-refractivity contribution in [1.29, 1.82) is 0 Å². The maximum absolute atomic E-state index is 11.9. The molecule has 1 unspecified atom stereocenters. The van der Waals surface area contributed by atoms with Crippen molar-refractivity contribution in [3.63, 3.8) is 0 Å². The zero-order chi connectivity index (χ0) is 11.8. The van der Waals surface area contributed by atoms with E-state index < -0.39 is 0 Å². The Morgan fingerprint density at radius 2 is 2.12 bits per heavy atom. The molecule has 0 fully saturated rings. The summed E-state index contributed by atoms with van der Waals surface area (Å²) in [5.74, 6) is -0.130. The number of carbonyl (C=O) groups is 1. The Bertz CT molecular complexity index is 567. The first-order valence-electron chi connectivity index (χ1n) is 5.10. The Hall–Kier alpha value is -2.01. The highest BCUT2D eigenvalue weighted by Crippen LogP contribution is 2.28. The molecular weight excluding hydrogens is 240 g/mol. The van der Waals surface area contributed by atoms with Gasteiger partial charge in [0.2, 0.25) is 0 Å². The summed E-state index contributed by atoms with van der Waals surface area (Å²) in [6.45, 7) is 0. The molecule has 0 saturated carbocycles. The lowest BCUT2D eigenvalue weighted by atomic mass is 10.1. The molecule has 1 aromatic carbocycles. The minimum Gasteiger partial charge on any atom is -0.360 e. The summed E-state index contributed by atoms with van der Waals surface area (Å²) in [7, 11) is 0. The van der Waals surface area contributed by atoms with Crippen molar-refractivity contribution in [3.05, 3.63) is 46.7 Å². The summed E-state index contributed by atoms with van der Waals surface area (Å²) in [5, 5.41) is 13.3. The van der Waals surface area contributed by atoms with E-state index in [9.17, 15) is 4.79 Å². The average molecular weight is 249 g/mol. The van der Waals surface area contributed by atoms with Crippen LogP contribution in [0.25, 0.3) is 0 Å². The number of nitrogens with zero attached hydrogens (tertiary/aromatic N) is 1. The van der Waals surface area contributed by atoms with Crippen LogP contribution < -0.4 is 10.6 Å². The first-order valence-corrected chi connectivity index (χ1v) is 5.48. The second kappa shape index (κ2) is 3.78. The maximum Gasteiger partial charge on any atom is 0.255 e. The predicted molar refractivity (Wildman–Crippen MR) is 63.9 cm³/mol. The Labute approximate surface area is 102 Å². The minimum absolute atomic E-state index is 0.130. The molecule has 2 aromatic rings. The van der Waals surface area contributed by atoms with Crippen molar-refractivity contribution in [2.24, 2.45) is 0 Å². The highest BCUT2D eigenvalue weighted by Gasteiger charge is 2.25. The summed E-state index contributed by atoms with van der Waals surface area (Å²) in [6, 6.07) is 6.92. The molecule has 1 aliphatic rings. The Balaban J connectivity index is 2.00. The van der Waals surface area contributed by atoms with Crippen molar-refractivity contribution in [2.45, 2.75) is 6.17 Å². The number of amides is 1. The fraction of sp³-hybridized carbons (Fsp3) is 0.0909. The fourth-order valence-corrected chi connectivity index (χ4v) is 1.99. The molecular formula is C11H9ClN4O. The Kier molecular flexibility index (Phi) is 2.26. The minimum atomic E-state index is -0.309. The topological polar surface area (TPSA) is 69.8 Å². The van der Waals surface area contributed by atoms with Gasteiger partial charge in [-0.3, -0.25) is 9.89 Å². The first kappa shape index (κ1) is 10.2. The molecule has 0 aliphatic carbocycles. The third-order valence-electron chi connectivity index (χ3n) is 2.63. The van der Waals surface area contributed by atoms with Crippen LogP contribution in [0.3, 0.4) is 0 Å². The molecule has 1 amide bonds. The van der Waals surface area contributed by atoms with Gasteiger partial charge in [0.15, 0.2) is 0 Å². The lowest BCUT2D eigenvalue weighted by Crippen LogP contribution is -2.38. The SMILES string of the molecule is O=C1NC(c2ccn[nH]2)Nc2cc(Cl)ccc21. The Morgan fingerprint density at radius 1 is 1.24 bits per heavy atom. The molecule has 0 radical (unpaired) electrons. The van der Waals surface area contributed by atoms with Crippen LogP contribution in [-0.4, -0.2) is 16.1 Å². The maximum atomic E-state index is 11.9. The van der Waals surface area contributed by atoms with E-state index in [2.05, 4.69) is 20.8 Å². The number of H-pyrrole nitrogens is 1. The third-order valence-corrected chi connectivity index (χ3v) is 2.87. The van der Waals surface area contributed by atoms with Crippen molar-refractivity contribution in [3.8, 4) is 0 Å². The van der Waals surface area contributed by atoms with Gasteiger partial charge in [-0.05, 0) is 24.3 Å². The van der Waals surface area contributed by atoms with Crippen LogP contribution in [0.4, 0.5) is 5.69 Å². The molecule has 1 atom stereocenters. The molecule has 3 rings (SSSR count). The van der Waals surface area contributed by atoms with Gasteiger partial charge < -0.3 is 10.6 Å². The van der Waals surface area contributed by atoms with Gasteiger partial charge in [-0.1, -0.05) is 11.6 Å². The number of halogens is 1. The van der Waals surface area contributed by atoms with Crippen molar-refractivity contribution >= 4 is 23.2 Å². The third kappa shape index (κ3) is 1.74. The molecule has 6 heteroatoms. The number of rotatable bonds is 1. The number of hydrogen-bond donors (Lipinski definition) is 3. The van der Waals surface area contributed by atoms with Crippen LogP contribution in [0.2, 0.25) is 5.02 Å². The zero-order valence-electron chi connectivity index (χ0n) is 8.70. The van der Waals surface area contributed by atoms with Crippen molar-refractivity contribution in [1.82, 2.24) is 15.5 Å². The van der Waals surface area contributed by atoms with Gasteiger partial charge in [0.1, 0.15) is 6.17 Å². The van der Waals surface area contributed by atoms with Crippen molar-refractivity contribution in [2.75, 3.05) is 5.32 Å². The second-order valence-electron chi connectivity index (χ2n) is 3.75. The molecule has 86 valence electrons. The van der Waals surface area contributed by atoms with Gasteiger partial charge in [-0.25, -0.2) is 0 Å². The fourth-order valence-electron chi connectivity index (χ4n) is 1.82. The number of fused-ring (bicyclic) bond motifs is 1. The van der Waals surface area contributed by atoms with Gasteiger partial charge in [-0.15, -0.1) is 0 Å². The van der Waals surface area contributed by atoms with Gasteiger partial charge >= 0.3 is 0 Å². The molecule has 2 heterocycles. The standard InChI is InChI=1S/C11H9ClN4O/c12-6-1-2-7-9(5-6)14-10(15-11(7)17)8-3-4-13-16-8/h1-5,10,14H,(H,13,16)(H,15,17). The predicted octanol–water partition coefficient (Wildman–Crippen LogP) is 1.92. The highest BCUT2D eigenvalue weighted by molar-refractivity contribution is 6.31. The molecule has 1 aromatic heterocycles. The lowest BCUT2D eigenvalue weighted by Gasteiger charge is -2.26. The van der Waals surface area contributed by atoms with Gasteiger partial charge in [0.05, 0.1) is 16.9 Å². The first-order chi connectivity index (χ1) is 8.24. The molecule has 17 heavy (non-hydrogen) atoms. The lowest BCUT2D eigenvalue weighted by molar-refractivity contribution is 0.0935. The van der Waals surface area contributed by atoms with E-state index in [1.807, 2.05) is 0 Å². The van der Waals surface area contributed by atoms with E-state index in [-0.39, 0.29) is 12.1 Å². The molecule has 3 N–H and O–H groups in total. The summed E-state index contributed by atoms with van der Waals surface area (Å²) < 4.78 is 0. The van der Waals surface area contributed by atoms with Gasteiger partial charge in [0, 0.05) is 11.2 Å². The van der Waals surface area contributed by atoms with Crippen LogP contribution in [0.1, 0.15) is 22.2 Å². The van der Waals surface area contributed by atoms with Crippen LogP contribution >= 0.6 is 11.6 Å². The number of benzene rings is 1. The van der Waals surface area contributed by atoms with Crippen LogP contribution in [-0.2, 0) is 0 Å². The number of hydrogen-bond acceptors (Lipinski definition) is 3. The molecule has 0 saturated heterocycles. The van der Waals surface area contributed by atoms with Crippen LogP contribution in [0, 0.1) is 0 Å². The largest absolute Gasteiger partial charge is 0.360 e. The van der Waals surface area contributed by atoms with E-state index in [1.54, 1.807) is 30.5 Å². The van der Waals surface area contributed by atoms with Crippen LogP contribution in [0.5, 0.6) is 0 Å². The number of aromatic amines is 1. The number of anilines is 1. The summed E-state index contributed by atoms with van der Waals surface area (Å²) >= 11 is 5.91. The van der Waals surface area contributed by atoms with E-state index in [4.69, 9.17) is 11.6 Å². The summed E-state index contributed by atoms with van der Waals surface area (Å²) in [4.78, 5) is 11.9. The monoisotopic (exact) mass is 248 g/mol. The number of aromatic nitrogens is 2. The Morgan fingerprint density at radius 3 is 2.88 bits per heavy atom. The van der Waals surface area contributed by atoms with Gasteiger partial charge in [0.25, 0.3) is 5.91 Å². The molecule has 1 aliphatic heterocycles. The van der Waals surface area contributed by atoms with Crippen molar-refractivity contribution < 1.29 is 4.79 Å². The van der Waals surface area contributed by atoms with E-state index in [0.29, 0.717) is 10.6 Å². The smallest absolute Gasteiger partial charge is 0.255 e. The van der Waals surface area contributed by atoms with E-state index in [0.717, 1.165) is 11.4 Å². The highest BCUT2D eigenvalue weighted by atomic mass is 35.5. The second-order valence-corrected chi connectivity index (χ2v) is 4.19. The molecule has 0 spiro atoms. The number of carbonyl (C=O) groups excluding carboxylic acids is 1. The summed E-state index contributed by atoms with van der Waals surface area (Å²) in [5.41, 5.74) is 2.11. The molecule has 5 nitrogen and oxygen atoms in total. The van der Waals surface area contributed by atoms with Gasteiger partial charge in [-0.2, -0.15) is 5.10 Å². The zero-order valence-corrected chi connectivity index (χ0v) is 9.45. The van der Waals surface area contributed by atoms with Crippen LogP contribution in [0.15, 0.2) is 30.5 Å².